The standard InChI is InChI=1S/C28H37N3O3/c1-2-3-7-21-10-12-24(13-11-21)27(33)31-25(20-23-8-5-4-6-9-23)26(32)28(34)30-19-16-22-14-17-29-18-15-22/h4-6,8-9,14-15,17-18,21,24-25H,2-3,7,10-13,16,19-20H2,1H3,(H,30,34)(H,31,33)/t21?,24?,25-/m0/s1. The summed E-state index contributed by atoms with van der Waals surface area (Å²) >= 11 is 0. The number of carbonyl (C=O) groups excluding carboxylic acids is 3. The third-order valence-corrected chi connectivity index (χ3v) is 6.77. The molecule has 1 aliphatic rings. The molecule has 2 aromatic rings. The highest BCUT2D eigenvalue weighted by atomic mass is 16.2. The van der Waals surface area contributed by atoms with Crippen molar-refractivity contribution in [1.82, 2.24) is 15.6 Å². The van der Waals surface area contributed by atoms with Crippen LogP contribution >= 0.6 is 0 Å². The van der Waals surface area contributed by atoms with E-state index in [1.54, 1.807) is 12.4 Å². The summed E-state index contributed by atoms with van der Waals surface area (Å²) in [6.45, 7) is 2.56. The van der Waals surface area contributed by atoms with Crippen molar-refractivity contribution in [3.63, 3.8) is 0 Å². The SMILES string of the molecule is CCCCC1CCC(C(=O)N[C@@H](Cc2ccccc2)C(=O)C(=O)NCCc2ccncc2)CC1. The quantitative estimate of drug-likeness (QED) is 0.465. The van der Waals surface area contributed by atoms with Gasteiger partial charge in [0.05, 0.1) is 0 Å². The van der Waals surface area contributed by atoms with E-state index in [0.29, 0.717) is 25.3 Å². The third kappa shape index (κ3) is 8.08. The summed E-state index contributed by atoms with van der Waals surface area (Å²) in [5.41, 5.74) is 1.94. The molecule has 0 aliphatic heterocycles. The molecule has 34 heavy (non-hydrogen) atoms. The Balaban J connectivity index is 1.57. The van der Waals surface area contributed by atoms with Gasteiger partial charge in [0.1, 0.15) is 6.04 Å². The lowest BCUT2D eigenvalue weighted by Crippen LogP contribution is -2.50. The van der Waals surface area contributed by atoms with Crippen LogP contribution in [-0.4, -0.2) is 35.2 Å². The molecule has 0 saturated heterocycles. The van der Waals surface area contributed by atoms with Gasteiger partial charge in [-0.3, -0.25) is 19.4 Å². The van der Waals surface area contributed by atoms with Crippen LogP contribution in [0.4, 0.5) is 0 Å². The highest BCUT2D eigenvalue weighted by Gasteiger charge is 2.31. The van der Waals surface area contributed by atoms with E-state index in [1.807, 2.05) is 42.5 Å². The first-order valence-corrected chi connectivity index (χ1v) is 12.6. The van der Waals surface area contributed by atoms with Crippen molar-refractivity contribution < 1.29 is 14.4 Å². The van der Waals surface area contributed by atoms with Crippen molar-refractivity contribution in [3.05, 3.63) is 66.0 Å². The zero-order chi connectivity index (χ0) is 24.2. The lowest BCUT2D eigenvalue weighted by Gasteiger charge is -2.29. The second kappa shape index (κ2) is 13.6. The zero-order valence-corrected chi connectivity index (χ0v) is 20.2. The molecule has 2 N–H and O–H groups in total. The van der Waals surface area contributed by atoms with Crippen LogP contribution in [0.25, 0.3) is 0 Å². The second-order valence-corrected chi connectivity index (χ2v) is 9.34. The number of pyridine rings is 1. The predicted octanol–water partition coefficient (Wildman–Crippen LogP) is 4.03. The molecule has 1 heterocycles. The van der Waals surface area contributed by atoms with Crippen LogP contribution < -0.4 is 10.6 Å². The Kier molecular flexibility index (Phi) is 10.3. The van der Waals surface area contributed by atoms with E-state index in [9.17, 15) is 14.4 Å². The van der Waals surface area contributed by atoms with Gasteiger partial charge < -0.3 is 10.6 Å². The number of amides is 2. The number of unbranched alkanes of at least 4 members (excludes halogenated alkanes) is 1. The van der Waals surface area contributed by atoms with E-state index in [0.717, 1.165) is 36.8 Å². The van der Waals surface area contributed by atoms with Gasteiger partial charge in [0.15, 0.2) is 0 Å². The number of benzene rings is 1. The lowest BCUT2D eigenvalue weighted by atomic mass is 9.79. The molecule has 0 unspecified atom stereocenters. The molecule has 0 spiro atoms. The Morgan fingerprint density at radius 2 is 1.68 bits per heavy atom. The smallest absolute Gasteiger partial charge is 0.289 e. The second-order valence-electron chi connectivity index (χ2n) is 9.34. The molecule has 1 aromatic heterocycles. The van der Waals surface area contributed by atoms with Gasteiger partial charge in [-0.1, -0.05) is 56.5 Å². The summed E-state index contributed by atoms with van der Waals surface area (Å²) in [7, 11) is 0. The van der Waals surface area contributed by atoms with Crippen LogP contribution in [0, 0.1) is 11.8 Å². The van der Waals surface area contributed by atoms with Crippen molar-refractivity contribution in [1.29, 1.82) is 0 Å². The molecule has 0 radical (unpaired) electrons. The Morgan fingerprint density at radius 3 is 2.35 bits per heavy atom. The molecule has 182 valence electrons. The van der Waals surface area contributed by atoms with Crippen LogP contribution in [-0.2, 0) is 27.2 Å². The number of Topliss-reactive ketones (excluding diaryl/α,β-unsaturated/α-hetero) is 1. The van der Waals surface area contributed by atoms with Crippen molar-refractivity contribution in [2.24, 2.45) is 11.8 Å². The van der Waals surface area contributed by atoms with Gasteiger partial charge in [-0.05, 0) is 61.3 Å². The van der Waals surface area contributed by atoms with E-state index >= 15 is 0 Å². The molecule has 6 heteroatoms. The van der Waals surface area contributed by atoms with Gasteiger partial charge in [-0.15, -0.1) is 0 Å². The Labute approximate surface area is 202 Å². The number of hydrogen-bond acceptors (Lipinski definition) is 4. The fraction of sp³-hybridized carbons (Fsp3) is 0.500. The van der Waals surface area contributed by atoms with E-state index in [4.69, 9.17) is 0 Å². The largest absolute Gasteiger partial charge is 0.349 e. The van der Waals surface area contributed by atoms with Gasteiger partial charge in [-0.25, -0.2) is 0 Å². The lowest BCUT2D eigenvalue weighted by molar-refractivity contribution is -0.140. The van der Waals surface area contributed by atoms with Crippen molar-refractivity contribution in [2.75, 3.05) is 6.54 Å². The van der Waals surface area contributed by atoms with Gasteiger partial charge >= 0.3 is 0 Å². The first kappa shape index (κ1) is 25.6. The number of rotatable bonds is 12. The maximum atomic E-state index is 13.0. The number of nitrogens with zero attached hydrogens (tertiary/aromatic N) is 1. The maximum Gasteiger partial charge on any atom is 0.289 e. The molecule has 1 aliphatic carbocycles. The zero-order valence-electron chi connectivity index (χ0n) is 20.2. The molecule has 1 aromatic carbocycles. The summed E-state index contributed by atoms with van der Waals surface area (Å²) < 4.78 is 0. The van der Waals surface area contributed by atoms with Crippen molar-refractivity contribution in [3.8, 4) is 0 Å². The monoisotopic (exact) mass is 463 g/mol. The first-order valence-electron chi connectivity index (χ1n) is 12.6. The predicted molar refractivity (Wildman–Crippen MR) is 133 cm³/mol. The molecular formula is C28H37N3O3. The van der Waals surface area contributed by atoms with Gasteiger partial charge in [-0.2, -0.15) is 0 Å². The fourth-order valence-corrected chi connectivity index (χ4v) is 4.67. The van der Waals surface area contributed by atoms with Gasteiger partial charge in [0, 0.05) is 31.3 Å². The minimum absolute atomic E-state index is 0.0845. The molecule has 1 saturated carbocycles. The van der Waals surface area contributed by atoms with E-state index < -0.39 is 17.7 Å². The third-order valence-electron chi connectivity index (χ3n) is 6.77. The molecule has 1 fully saturated rings. The van der Waals surface area contributed by atoms with Crippen molar-refractivity contribution in [2.45, 2.75) is 70.8 Å². The minimum Gasteiger partial charge on any atom is -0.349 e. The topological polar surface area (TPSA) is 88.2 Å². The first-order chi connectivity index (χ1) is 16.6. The molecule has 2 amide bonds. The van der Waals surface area contributed by atoms with Crippen LogP contribution in [0.3, 0.4) is 0 Å². The summed E-state index contributed by atoms with van der Waals surface area (Å²) in [4.78, 5) is 42.7. The van der Waals surface area contributed by atoms with Crippen molar-refractivity contribution >= 4 is 17.6 Å². The average Bonchev–Trinajstić information content (AvgIpc) is 2.88. The summed E-state index contributed by atoms with van der Waals surface area (Å²) in [6.07, 6.45) is 11.8. The molecule has 6 nitrogen and oxygen atoms in total. The average molecular weight is 464 g/mol. The maximum absolute atomic E-state index is 13.0. The van der Waals surface area contributed by atoms with E-state index in [1.165, 1.54) is 19.3 Å². The summed E-state index contributed by atoms with van der Waals surface area (Å²) in [5, 5.41) is 5.64. The van der Waals surface area contributed by atoms with Gasteiger partial charge in [0.2, 0.25) is 11.7 Å². The molecule has 3 rings (SSSR count). The Bertz CT molecular complexity index is 909. The number of hydrogen-bond donors (Lipinski definition) is 2. The van der Waals surface area contributed by atoms with Crippen LogP contribution in [0.15, 0.2) is 54.9 Å². The van der Waals surface area contributed by atoms with Crippen LogP contribution in [0.5, 0.6) is 0 Å². The molecule has 0 bridgehead atoms. The molecule has 1 atom stereocenters. The normalized spacial score (nSPS) is 18.6. The number of ketones is 1. The van der Waals surface area contributed by atoms with Crippen LogP contribution in [0.1, 0.15) is 63.0 Å². The molecular weight excluding hydrogens is 426 g/mol. The minimum atomic E-state index is -0.867. The number of nitrogens with one attached hydrogen (secondary N) is 2. The van der Waals surface area contributed by atoms with E-state index in [2.05, 4.69) is 22.5 Å². The number of carbonyl (C=O) groups is 3. The Hall–Kier alpha value is -3.02. The highest BCUT2D eigenvalue weighted by Crippen LogP contribution is 2.32. The highest BCUT2D eigenvalue weighted by molar-refractivity contribution is 6.38. The Morgan fingerprint density at radius 1 is 0.971 bits per heavy atom. The van der Waals surface area contributed by atoms with Crippen LogP contribution in [0.2, 0.25) is 0 Å². The number of aromatic nitrogens is 1. The summed E-state index contributed by atoms with van der Waals surface area (Å²) in [6, 6.07) is 12.4. The van der Waals surface area contributed by atoms with Gasteiger partial charge in [0.25, 0.3) is 5.91 Å². The fourth-order valence-electron chi connectivity index (χ4n) is 4.67. The van der Waals surface area contributed by atoms with E-state index in [-0.39, 0.29) is 11.8 Å². The summed E-state index contributed by atoms with van der Waals surface area (Å²) in [5.74, 6) is -0.731.